The molecule has 2 heterocycles. The number of fused-ring (bicyclic) bond motifs is 1. The first-order chi connectivity index (χ1) is 13.6. The molecule has 6 nitrogen and oxygen atoms in total. The van der Waals surface area contributed by atoms with Crippen molar-refractivity contribution in [3.63, 3.8) is 0 Å². The van der Waals surface area contributed by atoms with Crippen LogP contribution in [0.2, 0.25) is 0 Å². The van der Waals surface area contributed by atoms with Gasteiger partial charge in [0.05, 0.1) is 11.3 Å². The van der Waals surface area contributed by atoms with Crippen molar-refractivity contribution in [3.8, 4) is 5.75 Å². The molecular formula is C21H24F2N4O2. The van der Waals surface area contributed by atoms with E-state index in [1.165, 1.54) is 18.2 Å². The number of pyridine rings is 1. The predicted molar refractivity (Wildman–Crippen MR) is 106 cm³/mol. The highest BCUT2D eigenvalue weighted by Crippen LogP contribution is 2.26. The number of carbonyl (C=O) groups is 1. The smallest absolute Gasteiger partial charge is 0.284 e. The van der Waals surface area contributed by atoms with E-state index >= 15 is 0 Å². The Morgan fingerprint density at radius 1 is 1.21 bits per heavy atom. The van der Waals surface area contributed by atoms with Crippen LogP contribution in [-0.2, 0) is 6.61 Å². The molecule has 0 saturated heterocycles. The molecule has 0 spiro atoms. The molecule has 0 aliphatic carbocycles. The van der Waals surface area contributed by atoms with Gasteiger partial charge in [-0.1, -0.05) is 6.07 Å². The number of nitrogens with one attached hydrogen (secondary N) is 2. The van der Waals surface area contributed by atoms with Crippen LogP contribution in [0.3, 0.4) is 0 Å². The van der Waals surface area contributed by atoms with Crippen molar-refractivity contribution < 1.29 is 18.3 Å². The minimum Gasteiger partial charge on any atom is -0.485 e. The van der Waals surface area contributed by atoms with Crippen LogP contribution >= 0.6 is 0 Å². The maximum atomic E-state index is 13.9. The first kappa shape index (κ1) is 20.7. The van der Waals surface area contributed by atoms with Crippen molar-refractivity contribution in [1.82, 2.24) is 20.2 Å². The fourth-order valence-electron chi connectivity index (χ4n) is 2.86. The molecule has 1 aromatic carbocycles. The molecule has 0 aliphatic rings. The second-order valence-electron chi connectivity index (χ2n) is 7.94. The zero-order valence-electron chi connectivity index (χ0n) is 17.1. The second kappa shape index (κ2) is 7.79. The molecule has 2 N–H and O–H groups in total. The number of aromatic nitrogens is 2. The molecule has 8 heteroatoms. The Bertz CT molecular complexity index is 1050. The van der Waals surface area contributed by atoms with Crippen LogP contribution in [-0.4, -0.2) is 20.8 Å². The Morgan fingerprint density at radius 3 is 2.48 bits per heavy atom. The quantitative estimate of drug-likeness (QED) is 0.637. The van der Waals surface area contributed by atoms with Crippen LogP contribution in [0.15, 0.2) is 30.5 Å². The average molecular weight is 402 g/mol. The van der Waals surface area contributed by atoms with E-state index in [1.807, 2.05) is 27.7 Å². The van der Waals surface area contributed by atoms with E-state index in [1.54, 1.807) is 23.6 Å². The molecule has 0 fully saturated rings. The van der Waals surface area contributed by atoms with Gasteiger partial charge in [0.1, 0.15) is 23.9 Å². The molecule has 2 aromatic heterocycles. The summed E-state index contributed by atoms with van der Waals surface area (Å²) < 4.78 is 35.1. The molecule has 3 rings (SSSR count). The van der Waals surface area contributed by atoms with Gasteiger partial charge >= 0.3 is 0 Å². The summed E-state index contributed by atoms with van der Waals surface area (Å²) in [6.07, 6.45) is 1.76. The molecule has 0 saturated carbocycles. The van der Waals surface area contributed by atoms with Gasteiger partial charge in [0.25, 0.3) is 5.91 Å². The van der Waals surface area contributed by atoms with E-state index in [0.29, 0.717) is 22.8 Å². The normalized spacial score (nSPS) is 11.7. The zero-order chi connectivity index (χ0) is 21.3. The number of benzene rings is 1. The lowest BCUT2D eigenvalue weighted by molar-refractivity contribution is 0.0907. The number of hydrazine groups is 1. The lowest BCUT2D eigenvalue weighted by atomic mass is 10.1. The highest BCUT2D eigenvalue weighted by Gasteiger charge is 2.21. The van der Waals surface area contributed by atoms with E-state index in [-0.39, 0.29) is 23.6 Å². The molecule has 0 unspecified atom stereocenters. The average Bonchev–Trinajstić information content (AvgIpc) is 2.94. The van der Waals surface area contributed by atoms with Crippen molar-refractivity contribution in [3.05, 3.63) is 64.6 Å². The van der Waals surface area contributed by atoms with E-state index in [4.69, 9.17) is 4.74 Å². The highest BCUT2D eigenvalue weighted by atomic mass is 19.1. The Balaban J connectivity index is 1.95. The third-order valence-electron chi connectivity index (χ3n) is 4.20. The molecule has 0 bridgehead atoms. The van der Waals surface area contributed by atoms with E-state index in [2.05, 4.69) is 15.8 Å². The van der Waals surface area contributed by atoms with Gasteiger partial charge in [-0.15, -0.1) is 0 Å². The number of imidazole rings is 1. The fourth-order valence-corrected chi connectivity index (χ4v) is 2.86. The Kier molecular flexibility index (Phi) is 5.57. The summed E-state index contributed by atoms with van der Waals surface area (Å²) in [7, 11) is 0. The minimum atomic E-state index is -0.679. The van der Waals surface area contributed by atoms with Gasteiger partial charge in [-0.2, -0.15) is 0 Å². The number of amides is 1. The van der Waals surface area contributed by atoms with E-state index in [9.17, 15) is 13.6 Å². The van der Waals surface area contributed by atoms with Gasteiger partial charge in [-0.05, 0) is 58.4 Å². The van der Waals surface area contributed by atoms with Crippen LogP contribution in [0.5, 0.6) is 5.75 Å². The van der Waals surface area contributed by atoms with Crippen LogP contribution in [0.4, 0.5) is 8.78 Å². The summed E-state index contributed by atoms with van der Waals surface area (Å²) >= 11 is 0. The van der Waals surface area contributed by atoms with Crippen LogP contribution in [0, 0.1) is 25.5 Å². The lowest BCUT2D eigenvalue weighted by Gasteiger charge is -2.21. The van der Waals surface area contributed by atoms with E-state index in [0.717, 1.165) is 5.56 Å². The zero-order valence-corrected chi connectivity index (χ0v) is 17.1. The first-order valence-corrected chi connectivity index (χ1v) is 9.19. The molecule has 29 heavy (non-hydrogen) atoms. The van der Waals surface area contributed by atoms with Crippen molar-refractivity contribution in [1.29, 1.82) is 0 Å². The standard InChI is InChI=1S/C21H24F2N4O2/c1-12-9-17(29-11-14-15(22)7-6-8-16(14)23)19-24-13(2)18(27(19)10-12)20(28)25-26-21(3,4)5/h6-10,26H,11H2,1-5H3,(H,25,28). The Hall–Kier alpha value is -3.00. The highest BCUT2D eigenvalue weighted by molar-refractivity contribution is 5.94. The van der Waals surface area contributed by atoms with Crippen molar-refractivity contribution >= 4 is 11.6 Å². The van der Waals surface area contributed by atoms with Gasteiger partial charge in [-0.25, -0.2) is 19.2 Å². The van der Waals surface area contributed by atoms with Crippen LogP contribution < -0.4 is 15.6 Å². The van der Waals surface area contributed by atoms with Crippen molar-refractivity contribution in [2.24, 2.45) is 0 Å². The predicted octanol–water partition coefficient (Wildman–Crippen LogP) is 3.84. The third kappa shape index (κ3) is 4.54. The van der Waals surface area contributed by atoms with Crippen LogP contribution in [0.1, 0.15) is 48.1 Å². The summed E-state index contributed by atoms with van der Waals surface area (Å²) in [5.41, 5.74) is 7.19. The first-order valence-electron chi connectivity index (χ1n) is 9.19. The molecule has 0 radical (unpaired) electrons. The topological polar surface area (TPSA) is 67.7 Å². The van der Waals surface area contributed by atoms with Gasteiger partial charge in [0.15, 0.2) is 11.4 Å². The summed E-state index contributed by atoms with van der Waals surface area (Å²) in [5.74, 6) is -1.37. The number of aryl methyl sites for hydroxylation is 2. The number of hydrogen-bond acceptors (Lipinski definition) is 4. The fraction of sp³-hybridized carbons (Fsp3) is 0.333. The summed E-state index contributed by atoms with van der Waals surface area (Å²) in [5, 5.41) is 0. The number of carbonyl (C=O) groups excluding carboxylic acids is 1. The molecule has 3 aromatic rings. The third-order valence-corrected chi connectivity index (χ3v) is 4.20. The van der Waals surface area contributed by atoms with Gasteiger partial charge in [0, 0.05) is 11.7 Å². The molecule has 0 atom stereocenters. The second-order valence-corrected chi connectivity index (χ2v) is 7.94. The number of rotatable bonds is 5. The SMILES string of the molecule is Cc1cc(OCc2c(F)cccc2F)c2nc(C)c(C(=O)NNC(C)(C)C)n2c1. The molecular weight excluding hydrogens is 378 g/mol. The van der Waals surface area contributed by atoms with Crippen molar-refractivity contribution in [2.75, 3.05) is 0 Å². The lowest BCUT2D eigenvalue weighted by Crippen LogP contribution is -2.49. The number of ether oxygens (including phenoxy) is 1. The number of halogens is 2. The maximum absolute atomic E-state index is 13.9. The van der Waals surface area contributed by atoms with E-state index < -0.39 is 11.6 Å². The van der Waals surface area contributed by atoms with Crippen molar-refractivity contribution in [2.45, 2.75) is 46.8 Å². The summed E-state index contributed by atoms with van der Waals surface area (Å²) in [6, 6.07) is 5.37. The monoisotopic (exact) mass is 402 g/mol. The molecule has 0 aliphatic heterocycles. The molecule has 1 amide bonds. The Morgan fingerprint density at radius 2 is 1.86 bits per heavy atom. The largest absolute Gasteiger partial charge is 0.485 e. The van der Waals surface area contributed by atoms with Gasteiger partial charge < -0.3 is 4.74 Å². The molecule has 154 valence electrons. The Labute approximate surface area is 167 Å². The minimum absolute atomic E-state index is 0.164. The van der Waals surface area contributed by atoms with Gasteiger partial charge in [0.2, 0.25) is 0 Å². The number of hydrogen-bond donors (Lipinski definition) is 2. The maximum Gasteiger partial charge on any atom is 0.284 e. The number of nitrogens with zero attached hydrogens (tertiary/aromatic N) is 2. The summed E-state index contributed by atoms with van der Waals surface area (Å²) in [4.78, 5) is 17.1. The van der Waals surface area contributed by atoms with Gasteiger partial charge in [-0.3, -0.25) is 14.6 Å². The summed E-state index contributed by atoms with van der Waals surface area (Å²) in [6.45, 7) is 9.03. The van der Waals surface area contributed by atoms with Crippen LogP contribution in [0.25, 0.3) is 5.65 Å².